The first-order valence-corrected chi connectivity index (χ1v) is 8.76. The van der Waals surface area contributed by atoms with Gasteiger partial charge in [-0.15, -0.1) is 11.3 Å². The molecule has 0 spiro atoms. The second kappa shape index (κ2) is 6.39. The topological polar surface area (TPSA) is 58.2 Å². The molecule has 2 rings (SSSR count). The van der Waals surface area contributed by atoms with E-state index in [-0.39, 0.29) is 4.90 Å². The molecule has 108 valence electrons. The fourth-order valence-corrected chi connectivity index (χ4v) is 4.20. The van der Waals surface area contributed by atoms with Crippen molar-refractivity contribution in [3.8, 4) is 0 Å². The number of benzene rings is 1. The first kappa shape index (κ1) is 15.0. The van der Waals surface area contributed by atoms with Gasteiger partial charge in [0.25, 0.3) is 0 Å². The van der Waals surface area contributed by atoms with Crippen LogP contribution in [0.25, 0.3) is 0 Å². The fraction of sp³-hybridized carbons (Fsp3) is 0.286. The smallest absolute Gasteiger partial charge is 0.242 e. The van der Waals surface area contributed by atoms with Crippen molar-refractivity contribution in [2.24, 2.45) is 0 Å². The molecule has 0 aliphatic heterocycles. The molecular weight excluding hydrogens is 292 g/mol. The molecule has 0 aliphatic rings. The van der Waals surface area contributed by atoms with Crippen LogP contribution in [-0.2, 0) is 23.0 Å². The van der Waals surface area contributed by atoms with Crippen molar-refractivity contribution in [1.82, 2.24) is 4.72 Å². The average Bonchev–Trinajstić information content (AvgIpc) is 2.92. The van der Waals surface area contributed by atoms with E-state index in [2.05, 4.69) is 17.0 Å². The van der Waals surface area contributed by atoms with E-state index in [0.717, 1.165) is 11.3 Å². The highest BCUT2D eigenvalue weighted by molar-refractivity contribution is 7.89. The third kappa shape index (κ3) is 3.20. The SMILES string of the molecule is CCc1ccsc1CNS(=O)(=O)c1ccccc1NC. The Balaban J connectivity index is 2.19. The summed E-state index contributed by atoms with van der Waals surface area (Å²) in [6.45, 7) is 2.40. The van der Waals surface area contributed by atoms with E-state index in [1.807, 2.05) is 11.4 Å². The number of rotatable bonds is 6. The largest absolute Gasteiger partial charge is 0.387 e. The van der Waals surface area contributed by atoms with Crippen molar-refractivity contribution in [3.63, 3.8) is 0 Å². The number of hydrogen-bond acceptors (Lipinski definition) is 4. The van der Waals surface area contributed by atoms with E-state index < -0.39 is 10.0 Å². The molecule has 0 amide bonds. The highest BCUT2D eigenvalue weighted by atomic mass is 32.2. The lowest BCUT2D eigenvalue weighted by Crippen LogP contribution is -2.24. The van der Waals surface area contributed by atoms with Gasteiger partial charge in [-0.25, -0.2) is 13.1 Å². The maximum absolute atomic E-state index is 12.4. The zero-order valence-corrected chi connectivity index (χ0v) is 13.1. The lowest BCUT2D eigenvalue weighted by atomic mass is 10.2. The highest BCUT2D eigenvalue weighted by Crippen LogP contribution is 2.22. The van der Waals surface area contributed by atoms with E-state index in [4.69, 9.17) is 0 Å². The van der Waals surface area contributed by atoms with E-state index in [0.29, 0.717) is 12.2 Å². The molecule has 1 aromatic carbocycles. The fourth-order valence-electron chi connectivity index (χ4n) is 1.98. The summed E-state index contributed by atoms with van der Waals surface area (Å²) in [6.07, 6.45) is 0.910. The van der Waals surface area contributed by atoms with Gasteiger partial charge in [0.15, 0.2) is 0 Å². The summed E-state index contributed by atoms with van der Waals surface area (Å²) in [6, 6.07) is 8.91. The third-order valence-corrected chi connectivity index (χ3v) is 5.51. The molecule has 2 aromatic rings. The summed E-state index contributed by atoms with van der Waals surface area (Å²) < 4.78 is 27.4. The molecule has 6 heteroatoms. The summed E-state index contributed by atoms with van der Waals surface area (Å²) in [5, 5.41) is 4.89. The van der Waals surface area contributed by atoms with Gasteiger partial charge in [0.05, 0.1) is 5.69 Å². The number of nitrogens with one attached hydrogen (secondary N) is 2. The van der Waals surface area contributed by atoms with Gasteiger partial charge in [-0.1, -0.05) is 19.1 Å². The van der Waals surface area contributed by atoms with Gasteiger partial charge in [0, 0.05) is 18.5 Å². The lowest BCUT2D eigenvalue weighted by molar-refractivity contribution is 0.582. The number of para-hydroxylation sites is 1. The van der Waals surface area contributed by atoms with Gasteiger partial charge in [-0.05, 0) is 35.6 Å². The molecule has 0 radical (unpaired) electrons. The zero-order valence-electron chi connectivity index (χ0n) is 11.5. The standard InChI is InChI=1S/C14H18N2O2S2/c1-3-11-8-9-19-13(11)10-16-20(17,18)14-7-5-4-6-12(14)15-2/h4-9,15-16H,3,10H2,1-2H3. The Morgan fingerprint density at radius 2 is 1.95 bits per heavy atom. The van der Waals surface area contributed by atoms with Crippen LogP contribution in [0.3, 0.4) is 0 Å². The van der Waals surface area contributed by atoms with Crippen LogP contribution in [0, 0.1) is 0 Å². The molecule has 0 unspecified atom stereocenters. The van der Waals surface area contributed by atoms with Crippen LogP contribution in [-0.4, -0.2) is 15.5 Å². The molecule has 1 heterocycles. The monoisotopic (exact) mass is 310 g/mol. The maximum Gasteiger partial charge on any atom is 0.242 e. The van der Waals surface area contributed by atoms with Gasteiger partial charge in [0.2, 0.25) is 10.0 Å². The molecule has 0 atom stereocenters. The van der Waals surface area contributed by atoms with Gasteiger partial charge in [-0.3, -0.25) is 0 Å². The average molecular weight is 310 g/mol. The quantitative estimate of drug-likeness (QED) is 0.862. The van der Waals surface area contributed by atoms with Gasteiger partial charge in [-0.2, -0.15) is 0 Å². The Hall–Kier alpha value is -1.37. The Labute approximate surface area is 123 Å². The zero-order chi connectivity index (χ0) is 14.6. The Morgan fingerprint density at radius 3 is 2.65 bits per heavy atom. The first-order chi connectivity index (χ1) is 9.58. The number of thiophene rings is 1. The van der Waals surface area contributed by atoms with Crippen LogP contribution in [0.1, 0.15) is 17.4 Å². The molecule has 0 saturated heterocycles. The first-order valence-electron chi connectivity index (χ1n) is 6.40. The van der Waals surface area contributed by atoms with Gasteiger partial charge >= 0.3 is 0 Å². The summed E-state index contributed by atoms with van der Waals surface area (Å²) >= 11 is 1.58. The van der Waals surface area contributed by atoms with Crippen LogP contribution in [0.5, 0.6) is 0 Å². The number of sulfonamides is 1. The summed E-state index contributed by atoms with van der Waals surface area (Å²) in [5.41, 5.74) is 1.79. The van der Waals surface area contributed by atoms with Crippen molar-refractivity contribution in [2.45, 2.75) is 24.8 Å². The second-order valence-corrected chi connectivity index (χ2v) is 7.03. The predicted molar refractivity (Wildman–Crippen MR) is 83.7 cm³/mol. The third-order valence-electron chi connectivity index (χ3n) is 3.09. The van der Waals surface area contributed by atoms with Crippen molar-refractivity contribution < 1.29 is 8.42 Å². The van der Waals surface area contributed by atoms with Crippen molar-refractivity contribution >= 4 is 27.0 Å². The molecule has 0 aliphatic carbocycles. The summed E-state index contributed by atoms with van der Waals surface area (Å²) in [7, 11) is -1.80. The van der Waals surface area contributed by atoms with Crippen molar-refractivity contribution in [3.05, 3.63) is 46.2 Å². The minimum Gasteiger partial charge on any atom is -0.387 e. The normalized spacial score (nSPS) is 11.5. The molecule has 1 aromatic heterocycles. The van der Waals surface area contributed by atoms with E-state index in [1.165, 1.54) is 5.56 Å². The predicted octanol–water partition coefficient (Wildman–Crippen LogP) is 2.83. The molecule has 20 heavy (non-hydrogen) atoms. The molecule has 0 saturated carbocycles. The van der Waals surface area contributed by atoms with Crippen LogP contribution >= 0.6 is 11.3 Å². The second-order valence-electron chi connectivity index (χ2n) is 4.29. The van der Waals surface area contributed by atoms with Crippen LogP contribution in [0.15, 0.2) is 40.6 Å². The molecule has 2 N–H and O–H groups in total. The van der Waals surface area contributed by atoms with Gasteiger partial charge < -0.3 is 5.32 Å². The summed E-state index contributed by atoms with van der Waals surface area (Å²) in [4.78, 5) is 1.34. The Morgan fingerprint density at radius 1 is 1.20 bits per heavy atom. The van der Waals surface area contributed by atoms with E-state index >= 15 is 0 Å². The Kier molecular flexibility index (Phi) is 4.80. The molecule has 4 nitrogen and oxygen atoms in total. The number of aryl methyl sites for hydroxylation is 1. The highest BCUT2D eigenvalue weighted by Gasteiger charge is 2.18. The van der Waals surface area contributed by atoms with E-state index in [9.17, 15) is 8.42 Å². The minimum absolute atomic E-state index is 0.275. The van der Waals surface area contributed by atoms with Crippen molar-refractivity contribution in [1.29, 1.82) is 0 Å². The number of hydrogen-bond donors (Lipinski definition) is 2. The lowest BCUT2D eigenvalue weighted by Gasteiger charge is -2.11. The number of anilines is 1. The summed E-state index contributed by atoms with van der Waals surface area (Å²) in [5.74, 6) is 0. The van der Waals surface area contributed by atoms with Crippen molar-refractivity contribution in [2.75, 3.05) is 12.4 Å². The van der Waals surface area contributed by atoms with Crippen LogP contribution in [0.2, 0.25) is 0 Å². The van der Waals surface area contributed by atoms with E-state index in [1.54, 1.807) is 42.6 Å². The minimum atomic E-state index is -3.51. The van der Waals surface area contributed by atoms with Gasteiger partial charge in [0.1, 0.15) is 4.90 Å². The molecule has 0 fully saturated rings. The van der Waals surface area contributed by atoms with Crippen LogP contribution in [0.4, 0.5) is 5.69 Å². The molecular formula is C14H18N2O2S2. The van der Waals surface area contributed by atoms with Crippen LogP contribution < -0.4 is 10.0 Å². The Bertz CT molecular complexity index is 678. The maximum atomic E-state index is 12.4. The molecule has 0 bridgehead atoms.